The van der Waals surface area contributed by atoms with Crippen LogP contribution in [0.5, 0.6) is 0 Å². The molecule has 1 aromatic carbocycles. The molecule has 6 atom stereocenters. The highest BCUT2D eigenvalue weighted by Gasteiger charge is 2.60. The molecular formula is C20H23Cl3N6O9P2. The predicted octanol–water partition coefficient (Wildman–Crippen LogP) is 2.09. The minimum atomic E-state index is -5.51. The largest absolute Gasteiger partial charge is 0.387 e. The Bertz CT molecular complexity index is 1540. The first-order chi connectivity index (χ1) is 18.6. The molecule has 1 unspecified atom stereocenters. The number of fused-ring (bicyclic) bond motifs is 2. The number of hydrogen-bond donors (Lipinski definition) is 5. The van der Waals surface area contributed by atoms with Gasteiger partial charge in [0, 0.05) is 7.05 Å². The Labute approximate surface area is 241 Å². The highest BCUT2D eigenvalue weighted by Crippen LogP contribution is 2.76. The Morgan fingerprint density at radius 1 is 1.18 bits per heavy atom. The van der Waals surface area contributed by atoms with Crippen molar-refractivity contribution in [2.75, 3.05) is 18.6 Å². The van der Waals surface area contributed by atoms with E-state index >= 15 is 0 Å². The van der Waals surface area contributed by atoms with Crippen LogP contribution >= 0.6 is 50.0 Å². The lowest BCUT2D eigenvalue weighted by molar-refractivity contribution is -0.0551. The third-order valence-corrected chi connectivity index (χ3v) is 13.1. The molecule has 0 amide bonds. The van der Waals surface area contributed by atoms with E-state index < -0.39 is 50.2 Å². The fourth-order valence-corrected chi connectivity index (χ4v) is 7.23. The molecular weight excluding hydrogens is 637 g/mol. The summed E-state index contributed by atoms with van der Waals surface area (Å²) in [6, 6.07) is 8.01. The fraction of sp³-hybridized carbons (Fsp3) is 0.500. The smallest absolute Gasteiger partial charge is 0.376 e. The zero-order valence-electron chi connectivity index (χ0n) is 20.4. The standard InChI is InChI=1S/C20H23Cl3N6O9P2/c1-28(11-7-6-9-4-2-3-5-10(9)11)16-13-17(25-19(21)24-16)29(27-26-13)18-15(31)14(30)12(38-18)8-37-40(35,36)20(22,23)39(32,33)34/h2-5,11-12,14-15,18,30-31H,6-8H2,1H3,(H,35,36)(H2,32,33,34)/t11-,12+,14+,15+,18+/m0/s1. The molecule has 0 spiro atoms. The van der Waals surface area contributed by atoms with E-state index in [-0.39, 0.29) is 22.5 Å². The Hall–Kier alpha value is -1.45. The summed E-state index contributed by atoms with van der Waals surface area (Å²) >= 11 is 17.1. The van der Waals surface area contributed by atoms with E-state index in [2.05, 4.69) is 26.3 Å². The van der Waals surface area contributed by atoms with Crippen molar-refractivity contribution in [3.05, 3.63) is 40.7 Å². The van der Waals surface area contributed by atoms with Gasteiger partial charge in [-0.15, -0.1) is 5.10 Å². The SMILES string of the molecule is CN(c1nc(Cl)nc2c1nnn2[C@@H]1O[C@H](COP(=O)(O)C(Cl)(Cl)P(=O)(O)O)[C@@H](O)[C@H]1O)[C@H]1CCc2ccccc21. The zero-order chi connectivity index (χ0) is 29.2. The Morgan fingerprint density at radius 3 is 2.58 bits per heavy atom. The van der Waals surface area contributed by atoms with E-state index in [1.165, 1.54) is 5.56 Å². The number of aryl methyl sites for hydroxylation is 1. The maximum Gasteiger partial charge on any atom is 0.376 e. The van der Waals surface area contributed by atoms with Crippen LogP contribution in [0.15, 0.2) is 24.3 Å². The van der Waals surface area contributed by atoms with Crippen molar-refractivity contribution in [1.29, 1.82) is 0 Å². The molecule has 20 heteroatoms. The molecule has 218 valence electrons. The second-order valence-electron chi connectivity index (χ2n) is 9.30. The molecule has 2 aliphatic rings. The minimum Gasteiger partial charge on any atom is -0.387 e. The van der Waals surface area contributed by atoms with E-state index in [4.69, 9.17) is 44.1 Å². The van der Waals surface area contributed by atoms with Crippen molar-refractivity contribution in [2.24, 2.45) is 0 Å². The third-order valence-electron chi connectivity index (χ3n) is 6.86. The lowest BCUT2D eigenvalue weighted by atomic mass is 10.1. The Balaban J connectivity index is 1.40. The molecule has 1 aliphatic carbocycles. The summed E-state index contributed by atoms with van der Waals surface area (Å²) in [5.74, 6) is 0.370. The van der Waals surface area contributed by atoms with Gasteiger partial charge in [-0.3, -0.25) is 9.13 Å². The highest BCUT2D eigenvalue weighted by molar-refractivity contribution is 7.78. The van der Waals surface area contributed by atoms with Crippen LogP contribution in [0.2, 0.25) is 5.28 Å². The van der Waals surface area contributed by atoms with Gasteiger partial charge >= 0.3 is 19.0 Å². The number of halogens is 3. The lowest BCUT2D eigenvalue weighted by Gasteiger charge is -2.26. The molecule has 0 radical (unpaired) electrons. The monoisotopic (exact) mass is 658 g/mol. The van der Waals surface area contributed by atoms with Gasteiger partial charge in [0.05, 0.1) is 12.6 Å². The van der Waals surface area contributed by atoms with Gasteiger partial charge in [-0.2, -0.15) is 14.6 Å². The van der Waals surface area contributed by atoms with Crippen molar-refractivity contribution in [1.82, 2.24) is 25.0 Å². The van der Waals surface area contributed by atoms with Gasteiger partial charge < -0.3 is 39.1 Å². The lowest BCUT2D eigenvalue weighted by Crippen LogP contribution is -2.34. The van der Waals surface area contributed by atoms with E-state index in [0.29, 0.717) is 5.82 Å². The number of nitrogens with zero attached hydrogens (tertiary/aromatic N) is 6. The number of aliphatic hydroxyl groups is 2. The van der Waals surface area contributed by atoms with Crippen molar-refractivity contribution in [2.45, 2.75) is 47.2 Å². The normalized spacial score (nSPS) is 26.7. The highest BCUT2D eigenvalue weighted by atomic mass is 35.5. The van der Waals surface area contributed by atoms with E-state index in [1.807, 2.05) is 30.1 Å². The number of aliphatic hydroxyl groups excluding tert-OH is 2. The number of hydrogen-bond acceptors (Lipinski definition) is 11. The molecule has 0 bridgehead atoms. The van der Waals surface area contributed by atoms with Crippen molar-refractivity contribution < 1.29 is 43.3 Å². The topological polar surface area (TPSA) is 213 Å². The molecule has 0 saturated carbocycles. The zero-order valence-corrected chi connectivity index (χ0v) is 24.5. The van der Waals surface area contributed by atoms with Gasteiger partial charge in [0.25, 0.3) is 0 Å². The average molecular weight is 660 g/mol. The van der Waals surface area contributed by atoms with Crippen molar-refractivity contribution in [3.63, 3.8) is 0 Å². The quantitative estimate of drug-likeness (QED) is 0.133. The number of rotatable bonds is 8. The van der Waals surface area contributed by atoms with Crippen LogP contribution in [-0.4, -0.2) is 85.6 Å². The van der Waals surface area contributed by atoms with Gasteiger partial charge in [-0.25, -0.2) is 0 Å². The van der Waals surface area contributed by atoms with Crippen LogP contribution < -0.4 is 4.90 Å². The van der Waals surface area contributed by atoms with Gasteiger partial charge in [0.15, 0.2) is 23.2 Å². The van der Waals surface area contributed by atoms with Gasteiger partial charge in [-0.1, -0.05) is 52.7 Å². The minimum absolute atomic E-state index is 0.0227. The molecule has 1 aliphatic heterocycles. The number of ether oxygens (including phenoxy) is 1. The third kappa shape index (κ3) is 5.06. The summed E-state index contributed by atoms with van der Waals surface area (Å²) in [7, 11) is -9.06. The number of benzene rings is 1. The van der Waals surface area contributed by atoms with Crippen LogP contribution in [-0.2, 0) is 24.8 Å². The van der Waals surface area contributed by atoms with Crippen LogP contribution in [0.25, 0.3) is 11.2 Å². The van der Waals surface area contributed by atoms with Crippen molar-refractivity contribution in [3.8, 4) is 0 Å². The Morgan fingerprint density at radius 2 is 1.88 bits per heavy atom. The second-order valence-corrected chi connectivity index (χ2v) is 16.1. The molecule has 2 aromatic heterocycles. The molecule has 5 rings (SSSR count). The van der Waals surface area contributed by atoms with Crippen LogP contribution in [0.1, 0.15) is 29.8 Å². The molecule has 1 fully saturated rings. The van der Waals surface area contributed by atoms with Crippen LogP contribution in [0.4, 0.5) is 5.82 Å². The fourth-order valence-electron chi connectivity index (χ4n) is 4.78. The molecule has 40 heavy (non-hydrogen) atoms. The van der Waals surface area contributed by atoms with E-state index in [0.717, 1.165) is 23.1 Å². The number of anilines is 1. The second kappa shape index (κ2) is 10.7. The molecule has 5 N–H and O–H groups in total. The molecule has 1 saturated heterocycles. The van der Waals surface area contributed by atoms with Crippen molar-refractivity contribution >= 4 is 67.0 Å². The van der Waals surface area contributed by atoms with Gasteiger partial charge in [-0.05, 0) is 35.6 Å². The van der Waals surface area contributed by atoms with Gasteiger partial charge in [0.2, 0.25) is 5.28 Å². The summed E-state index contributed by atoms with van der Waals surface area (Å²) in [6.45, 7) is -0.929. The summed E-state index contributed by atoms with van der Waals surface area (Å²) < 4.78 is 31.7. The summed E-state index contributed by atoms with van der Waals surface area (Å²) in [4.78, 5) is 38.8. The summed E-state index contributed by atoms with van der Waals surface area (Å²) in [5.41, 5.74) is 2.66. The summed E-state index contributed by atoms with van der Waals surface area (Å²) in [6.07, 6.45) is -4.54. The Kier molecular flexibility index (Phi) is 8.01. The average Bonchev–Trinajstić information content (AvgIpc) is 3.57. The van der Waals surface area contributed by atoms with E-state index in [9.17, 15) is 34.0 Å². The number of alkyl halides is 2. The van der Waals surface area contributed by atoms with E-state index in [1.54, 1.807) is 0 Å². The van der Waals surface area contributed by atoms with Crippen LogP contribution in [0.3, 0.4) is 0 Å². The first-order valence-corrected chi connectivity index (χ1v) is 16.0. The predicted molar refractivity (Wildman–Crippen MR) is 142 cm³/mol. The first kappa shape index (κ1) is 30.0. The molecule has 3 heterocycles. The maximum absolute atomic E-state index is 12.4. The van der Waals surface area contributed by atoms with Gasteiger partial charge in [0.1, 0.15) is 18.3 Å². The number of aromatic nitrogens is 5. The van der Waals surface area contributed by atoms with Crippen LogP contribution in [0, 0.1) is 0 Å². The summed E-state index contributed by atoms with van der Waals surface area (Å²) in [5, 5.41) is 29.3. The maximum atomic E-state index is 12.4. The molecule has 3 aromatic rings. The molecule has 15 nitrogen and oxygen atoms in total. The first-order valence-electron chi connectivity index (χ1n) is 11.7.